The molecule has 1 aliphatic rings. The topological polar surface area (TPSA) is 12.5 Å². The van der Waals surface area contributed by atoms with E-state index in [0.717, 1.165) is 37.0 Å². The van der Waals surface area contributed by atoms with Crippen LogP contribution in [0.25, 0.3) is 0 Å². The first-order valence-corrected chi connectivity index (χ1v) is 4.43. The van der Waals surface area contributed by atoms with E-state index in [4.69, 9.17) is 16.3 Å². The number of halogens is 1. The van der Waals surface area contributed by atoms with Crippen molar-refractivity contribution >= 4 is 11.6 Å². The van der Waals surface area contributed by atoms with Gasteiger partial charge < -0.3 is 9.64 Å². The summed E-state index contributed by atoms with van der Waals surface area (Å²) in [5, 5.41) is 0.770. The molecule has 0 radical (unpaired) electrons. The van der Waals surface area contributed by atoms with Crippen LogP contribution in [0.3, 0.4) is 0 Å². The molecule has 1 rings (SSSR count). The molecule has 1 fully saturated rings. The van der Waals surface area contributed by atoms with E-state index in [0.29, 0.717) is 0 Å². The van der Waals surface area contributed by atoms with Crippen LogP contribution in [0.4, 0.5) is 0 Å². The van der Waals surface area contributed by atoms with E-state index < -0.39 is 0 Å². The molecule has 1 saturated heterocycles. The highest BCUT2D eigenvalue weighted by Gasteiger charge is 2.09. The summed E-state index contributed by atoms with van der Waals surface area (Å²) in [7, 11) is 0. The summed E-state index contributed by atoms with van der Waals surface area (Å²) >= 11 is 5.73. The van der Waals surface area contributed by atoms with Gasteiger partial charge in [0.1, 0.15) is 0 Å². The van der Waals surface area contributed by atoms with Crippen LogP contribution in [0, 0.1) is 0 Å². The SMILES string of the molecule is C=C(C=C(C)Cl)N1CCOCC1. The van der Waals surface area contributed by atoms with Gasteiger partial charge in [-0.3, -0.25) is 0 Å². The van der Waals surface area contributed by atoms with Gasteiger partial charge in [0, 0.05) is 23.8 Å². The van der Waals surface area contributed by atoms with Crippen molar-refractivity contribution in [2.24, 2.45) is 0 Å². The molecule has 0 atom stereocenters. The Kier molecular flexibility index (Phi) is 3.63. The van der Waals surface area contributed by atoms with Gasteiger partial charge in [-0.2, -0.15) is 0 Å². The Morgan fingerprint density at radius 1 is 1.50 bits per heavy atom. The number of allylic oxidation sites excluding steroid dienone is 2. The average Bonchev–Trinajstić information content (AvgIpc) is 2.05. The van der Waals surface area contributed by atoms with Crippen molar-refractivity contribution in [3.05, 3.63) is 23.4 Å². The zero-order valence-electron chi connectivity index (χ0n) is 7.35. The quantitative estimate of drug-likeness (QED) is 0.613. The average molecular weight is 188 g/mol. The zero-order chi connectivity index (χ0) is 8.97. The summed E-state index contributed by atoms with van der Waals surface area (Å²) < 4.78 is 5.22. The number of rotatable bonds is 2. The Bertz CT molecular complexity index is 191. The molecule has 1 heterocycles. The second-order valence-corrected chi connectivity index (χ2v) is 3.42. The van der Waals surface area contributed by atoms with Crippen LogP contribution < -0.4 is 0 Å². The molecular formula is C9H14ClNO. The van der Waals surface area contributed by atoms with Crippen molar-refractivity contribution in [2.45, 2.75) is 6.92 Å². The summed E-state index contributed by atoms with van der Waals surface area (Å²) in [6.07, 6.45) is 1.88. The van der Waals surface area contributed by atoms with Crippen LogP contribution in [0.1, 0.15) is 6.92 Å². The first kappa shape index (κ1) is 9.62. The number of nitrogens with zero attached hydrogens (tertiary/aromatic N) is 1. The Hall–Kier alpha value is -0.470. The first-order valence-electron chi connectivity index (χ1n) is 4.05. The molecule has 0 spiro atoms. The Balaban J connectivity index is 2.45. The van der Waals surface area contributed by atoms with Gasteiger partial charge in [0.05, 0.1) is 13.2 Å². The maximum Gasteiger partial charge on any atom is 0.0642 e. The van der Waals surface area contributed by atoms with Gasteiger partial charge in [-0.25, -0.2) is 0 Å². The van der Waals surface area contributed by atoms with E-state index in [1.54, 1.807) is 0 Å². The predicted octanol–water partition coefficient (Wildman–Crippen LogP) is 1.97. The molecule has 2 nitrogen and oxygen atoms in total. The van der Waals surface area contributed by atoms with Crippen LogP contribution >= 0.6 is 11.6 Å². The highest BCUT2D eigenvalue weighted by atomic mass is 35.5. The van der Waals surface area contributed by atoms with Gasteiger partial charge >= 0.3 is 0 Å². The molecule has 68 valence electrons. The van der Waals surface area contributed by atoms with Crippen molar-refractivity contribution in [3.8, 4) is 0 Å². The summed E-state index contributed by atoms with van der Waals surface area (Å²) in [5.41, 5.74) is 0.978. The third-order valence-electron chi connectivity index (χ3n) is 1.78. The normalized spacial score (nSPS) is 19.5. The molecule has 3 heteroatoms. The minimum absolute atomic E-state index is 0.770. The monoisotopic (exact) mass is 187 g/mol. The molecule has 0 aromatic heterocycles. The van der Waals surface area contributed by atoms with E-state index in [1.165, 1.54) is 0 Å². The van der Waals surface area contributed by atoms with Gasteiger partial charge in [-0.15, -0.1) is 0 Å². The number of hydrogen-bond acceptors (Lipinski definition) is 2. The fourth-order valence-corrected chi connectivity index (χ4v) is 1.30. The van der Waals surface area contributed by atoms with E-state index in [1.807, 2.05) is 13.0 Å². The fourth-order valence-electron chi connectivity index (χ4n) is 1.17. The smallest absolute Gasteiger partial charge is 0.0642 e. The van der Waals surface area contributed by atoms with E-state index in [-0.39, 0.29) is 0 Å². The maximum atomic E-state index is 5.73. The third kappa shape index (κ3) is 2.88. The van der Waals surface area contributed by atoms with Crippen molar-refractivity contribution in [3.63, 3.8) is 0 Å². The molecule has 0 aliphatic carbocycles. The Labute approximate surface area is 78.5 Å². The molecule has 0 aromatic carbocycles. The first-order chi connectivity index (χ1) is 5.70. The lowest BCUT2D eigenvalue weighted by Gasteiger charge is -2.29. The Morgan fingerprint density at radius 2 is 2.08 bits per heavy atom. The lowest BCUT2D eigenvalue weighted by molar-refractivity contribution is 0.0556. The minimum atomic E-state index is 0.770. The van der Waals surface area contributed by atoms with Gasteiger partial charge in [0.25, 0.3) is 0 Å². The molecule has 0 amide bonds. The second kappa shape index (κ2) is 4.53. The van der Waals surface area contributed by atoms with Crippen LogP contribution in [0.5, 0.6) is 0 Å². The largest absolute Gasteiger partial charge is 0.378 e. The molecule has 0 N–H and O–H groups in total. The molecule has 0 unspecified atom stereocenters. The van der Waals surface area contributed by atoms with Gasteiger partial charge in [-0.1, -0.05) is 18.2 Å². The third-order valence-corrected chi connectivity index (χ3v) is 1.89. The number of hydrogen-bond donors (Lipinski definition) is 0. The molecular weight excluding hydrogens is 174 g/mol. The summed E-state index contributed by atoms with van der Waals surface area (Å²) in [6.45, 7) is 9.19. The van der Waals surface area contributed by atoms with Crippen LogP contribution in [0.2, 0.25) is 0 Å². The van der Waals surface area contributed by atoms with Gasteiger partial charge in [0.2, 0.25) is 0 Å². The molecule has 0 aromatic rings. The summed E-state index contributed by atoms with van der Waals surface area (Å²) in [6, 6.07) is 0. The van der Waals surface area contributed by atoms with Gasteiger partial charge in [0.15, 0.2) is 0 Å². The van der Waals surface area contributed by atoms with Crippen molar-refractivity contribution in [2.75, 3.05) is 26.3 Å². The van der Waals surface area contributed by atoms with Crippen LogP contribution in [-0.4, -0.2) is 31.2 Å². The highest BCUT2D eigenvalue weighted by Crippen LogP contribution is 2.10. The minimum Gasteiger partial charge on any atom is -0.378 e. The number of ether oxygens (including phenoxy) is 1. The standard InChI is InChI=1S/C9H14ClNO/c1-8(10)7-9(2)11-3-5-12-6-4-11/h7H,2-6H2,1H3. The van der Waals surface area contributed by atoms with E-state index in [9.17, 15) is 0 Å². The van der Waals surface area contributed by atoms with E-state index in [2.05, 4.69) is 11.5 Å². The zero-order valence-corrected chi connectivity index (χ0v) is 8.10. The van der Waals surface area contributed by atoms with Gasteiger partial charge in [-0.05, 0) is 13.0 Å². The molecule has 1 aliphatic heterocycles. The lowest BCUT2D eigenvalue weighted by atomic mass is 10.3. The molecule has 0 saturated carbocycles. The maximum absolute atomic E-state index is 5.73. The molecule has 12 heavy (non-hydrogen) atoms. The number of morpholine rings is 1. The Morgan fingerprint density at radius 3 is 2.58 bits per heavy atom. The summed E-state index contributed by atoms with van der Waals surface area (Å²) in [4.78, 5) is 2.18. The van der Waals surface area contributed by atoms with Crippen molar-refractivity contribution in [1.29, 1.82) is 0 Å². The molecule has 0 bridgehead atoms. The lowest BCUT2D eigenvalue weighted by Crippen LogP contribution is -2.34. The van der Waals surface area contributed by atoms with E-state index >= 15 is 0 Å². The summed E-state index contributed by atoms with van der Waals surface area (Å²) in [5.74, 6) is 0. The fraction of sp³-hybridized carbons (Fsp3) is 0.556. The van der Waals surface area contributed by atoms with Crippen LogP contribution in [0.15, 0.2) is 23.4 Å². The van der Waals surface area contributed by atoms with Crippen LogP contribution in [-0.2, 0) is 4.74 Å². The van der Waals surface area contributed by atoms with Crippen molar-refractivity contribution < 1.29 is 4.74 Å². The van der Waals surface area contributed by atoms with Crippen molar-refractivity contribution in [1.82, 2.24) is 4.90 Å². The highest BCUT2D eigenvalue weighted by molar-refractivity contribution is 6.29. The predicted molar refractivity (Wildman–Crippen MR) is 51.1 cm³/mol. The second-order valence-electron chi connectivity index (χ2n) is 2.82.